The molecule has 0 bridgehead atoms. The van der Waals surface area contributed by atoms with E-state index in [0.29, 0.717) is 5.92 Å². The van der Waals surface area contributed by atoms with Crippen molar-refractivity contribution >= 4 is 11.2 Å². The molecule has 0 spiro atoms. The zero-order valence-corrected chi connectivity index (χ0v) is 8.75. The zero-order chi connectivity index (χ0) is 9.97. The first kappa shape index (κ1) is 9.38. The molecule has 0 aliphatic carbocycles. The molecule has 2 rings (SSSR count). The molecule has 2 aromatic heterocycles. The Hall–Kier alpha value is -1.18. The third-order valence-electron chi connectivity index (χ3n) is 2.63. The average molecular weight is 192 g/mol. The Morgan fingerprint density at radius 1 is 1.36 bits per heavy atom. The van der Waals surface area contributed by atoms with Gasteiger partial charge in [0.05, 0.1) is 6.26 Å². The van der Waals surface area contributed by atoms with Crippen LogP contribution in [0.3, 0.4) is 0 Å². The van der Waals surface area contributed by atoms with E-state index in [0.717, 1.165) is 16.9 Å². The maximum Gasteiger partial charge on any atom is 0.172 e. The van der Waals surface area contributed by atoms with Crippen LogP contribution in [-0.4, -0.2) is 0 Å². The zero-order valence-electron chi connectivity index (χ0n) is 8.75. The highest BCUT2D eigenvalue weighted by atomic mass is 16.4. The van der Waals surface area contributed by atoms with Gasteiger partial charge in [0.25, 0.3) is 0 Å². The van der Waals surface area contributed by atoms with Crippen molar-refractivity contribution in [1.82, 2.24) is 0 Å². The van der Waals surface area contributed by atoms with E-state index >= 15 is 0 Å². The molecule has 0 radical (unpaired) electrons. The molecule has 0 aliphatic rings. The summed E-state index contributed by atoms with van der Waals surface area (Å²) in [6.07, 6.45) is 5.34. The van der Waals surface area contributed by atoms with E-state index in [4.69, 9.17) is 8.83 Å². The Labute approximate surface area is 83.9 Å². The summed E-state index contributed by atoms with van der Waals surface area (Å²) in [5, 5.41) is 0. The van der Waals surface area contributed by atoms with E-state index in [1.165, 1.54) is 19.3 Å². The monoisotopic (exact) mass is 192 g/mol. The lowest BCUT2D eigenvalue weighted by atomic mass is 10.0. The summed E-state index contributed by atoms with van der Waals surface area (Å²) < 4.78 is 10.9. The summed E-state index contributed by atoms with van der Waals surface area (Å²) in [7, 11) is 0. The molecular formula is C12H16O2. The molecule has 2 heterocycles. The molecule has 0 aliphatic heterocycles. The lowest BCUT2D eigenvalue weighted by molar-refractivity contribution is 0.479. The molecule has 0 amide bonds. The third kappa shape index (κ3) is 1.69. The SMILES string of the molecule is CCCCC(C)c1cc2occc2o1. The van der Waals surface area contributed by atoms with Gasteiger partial charge in [-0.2, -0.15) is 0 Å². The van der Waals surface area contributed by atoms with Crippen molar-refractivity contribution in [1.29, 1.82) is 0 Å². The minimum atomic E-state index is 0.498. The van der Waals surface area contributed by atoms with Crippen LogP contribution in [0, 0.1) is 0 Å². The first-order chi connectivity index (χ1) is 6.81. The fourth-order valence-electron chi connectivity index (χ4n) is 1.68. The van der Waals surface area contributed by atoms with Crippen LogP contribution < -0.4 is 0 Å². The molecular weight excluding hydrogens is 176 g/mol. The number of hydrogen-bond acceptors (Lipinski definition) is 2. The molecule has 0 saturated heterocycles. The van der Waals surface area contributed by atoms with Crippen molar-refractivity contribution in [3.05, 3.63) is 24.2 Å². The highest BCUT2D eigenvalue weighted by Gasteiger charge is 2.12. The Morgan fingerprint density at radius 3 is 2.93 bits per heavy atom. The molecule has 2 heteroatoms. The van der Waals surface area contributed by atoms with Crippen LogP contribution in [0.15, 0.2) is 27.2 Å². The average Bonchev–Trinajstić information content (AvgIpc) is 2.72. The van der Waals surface area contributed by atoms with Crippen LogP contribution in [0.5, 0.6) is 0 Å². The van der Waals surface area contributed by atoms with Gasteiger partial charge in [0.2, 0.25) is 0 Å². The topological polar surface area (TPSA) is 26.3 Å². The molecule has 1 unspecified atom stereocenters. The van der Waals surface area contributed by atoms with Crippen LogP contribution in [0.25, 0.3) is 11.2 Å². The molecule has 0 saturated carbocycles. The fraction of sp³-hybridized carbons (Fsp3) is 0.500. The van der Waals surface area contributed by atoms with Crippen LogP contribution in [0.4, 0.5) is 0 Å². The highest BCUT2D eigenvalue weighted by Crippen LogP contribution is 2.28. The minimum Gasteiger partial charge on any atom is -0.461 e. The summed E-state index contributed by atoms with van der Waals surface area (Å²) in [6.45, 7) is 4.41. The minimum absolute atomic E-state index is 0.498. The maximum absolute atomic E-state index is 5.67. The predicted molar refractivity (Wildman–Crippen MR) is 56.4 cm³/mol. The largest absolute Gasteiger partial charge is 0.461 e. The molecule has 76 valence electrons. The van der Waals surface area contributed by atoms with Crippen LogP contribution >= 0.6 is 0 Å². The van der Waals surface area contributed by atoms with Gasteiger partial charge in [0, 0.05) is 18.1 Å². The van der Waals surface area contributed by atoms with E-state index in [1.54, 1.807) is 6.26 Å². The summed E-state index contributed by atoms with van der Waals surface area (Å²) in [4.78, 5) is 0. The summed E-state index contributed by atoms with van der Waals surface area (Å²) in [6, 6.07) is 3.88. The number of unbranched alkanes of at least 4 members (excludes halogenated alkanes) is 1. The second-order valence-electron chi connectivity index (χ2n) is 3.84. The lowest BCUT2D eigenvalue weighted by Crippen LogP contribution is -1.90. The van der Waals surface area contributed by atoms with E-state index in [1.807, 2.05) is 12.1 Å². The number of furan rings is 2. The number of rotatable bonds is 4. The molecule has 2 nitrogen and oxygen atoms in total. The van der Waals surface area contributed by atoms with Gasteiger partial charge in [-0.05, 0) is 6.42 Å². The predicted octanol–water partition coefficient (Wildman–Crippen LogP) is 4.32. The van der Waals surface area contributed by atoms with Crippen molar-refractivity contribution in [2.45, 2.75) is 39.0 Å². The van der Waals surface area contributed by atoms with E-state index in [9.17, 15) is 0 Å². The summed E-state index contributed by atoms with van der Waals surface area (Å²) in [5.41, 5.74) is 1.73. The molecule has 1 atom stereocenters. The third-order valence-corrected chi connectivity index (χ3v) is 2.63. The van der Waals surface area contributed by atoms with Gasteiger partial charge in [0.1, 0.15) is 5.76 Å². The Bertz CT molecular complexity index is 369. The van der Waals surface area contributed by atoms with Crippen molar-refractivity contribution in [2.75, 3.05) is 0 Å². The van der Waals surface area contributed by atoms with Gasteiger partial charge in [-0.25, -0.2) is 0 Å². The Morgan fingerprint density at radius 2 is 2.21 bits per heavy atom. The molecule has 0 N–H and O–H groups in total. The maximum atomic E-state index is 5.67. The van der Waals surface area contributed by atoms with Crippen molar-refractivity contribution in [3.63, 3.8) is 0 Å². The smallest absolute Gasteiger partial charge is 0.172 e. The van der Waals surface area contributed by atoms with Crippen LogP contribution in [0.1, 0.15) is 44.8 Å². The Balaban J connectivity index is 2.13. The van der Waals surface area contributed by atoms with E-state index in [-0.39, 0.29) is 0 Å². The van der Waals surface area contributed by atoms with E-state index in [2.05, 4.69) is 13.8 Å². The van der Waals surface area contributed by atoms with Crippen LogP contribution in [0.2, 0.25) is 0 Å². The molecule has 2 aromatic rings. The summed E-state index contributed by atoms with van der Waals surface area (Å²) >= 11 is 0. The van der Waals surface area contributed by atoms with E-state index < -0.39 is 0 Å². The van der Waals surface area contributed by atoms with Gasteiger partial charge in [-0.15, -0.1) is 0 Å². The van der Waals surface area contributed by atoms with Gasteiger partial charge in [0.15, 0.2) is 11.2 Å². The second-order valence-corrected chi connectivity index (χ2v) is 3.84. The molecule has 0 fully saturated rings. The van der Waals surface area contributed by atoms with Crippen LogP contribution in [-0.2, 0) is 0 Å². The quantitative estimate of drug-likeness (QED) is 0.721. The standard InChI is InChI=1S/C12H16O2/c1-3-4-5-9(2)11-8-12-10(14-11)6-7-13-12/h6-9H,3-5H2,1-2H3. The van der Waals surface area contributed by atoms with Crippen molar-refractivity contribution < 1.29 is 8.83 Å². The van der Waals surface area contributed by atoms with Crippen molar-refractivity contribution in [2.24, 2.45) is 0 Å². The normalized spacial score (nSPS) is 13.6. The lowest BCUT2D eigenvalue weighted by Gasteiger charge is -2.05. The molecule has 0 aromatic carbocycles. The number of fused-ring (bicyclic) bond motifs is 1. The summed E-state index contributed by atoms with van der Waals surface area (Å²) in [5.74, 6) is 1.55. The number of hydrogen-bond donors (Lipinski definition) is 0. The second kappa shape index (κ2) is 3.91. The van der Waals surface area contributed by atoms with Crippen molar-refractivity contribution in [3.8, 4) is 0 Å². The van der Waals surface area contributed by atoms with Gasteiger partial charge < -0.3 is 8.83 Å². The van der Waals surface area contributed by atoms with Gasteiger partial charge in [-0.1, -0.05) is 26.7 Å². The molecule has 14 heavy (non-hydrogen) atoms. The first-order valence-electron chi connectivity index (χ1n) is 5.28. The van der Waals surface area contributed by atoms with Gasteiger partial charge >= 0.3 is 0 Å². The fourth-order valence-corrected chi connectivity index (χ4v) is 1.68. The van der Waals surface area contributed by atoms with Gasteiger partial charge in [-0.3, -0.25) is 0 Å². The first-order valence-corrected chi connectivity index (χ1v) is 5.28. The Kier molecular flexibility index (Phi) is 2.62. The highest BCUT2D eigenvalue weighted by molar-refractivity contribution is 5.71.